The Labute approximate surface area is 96.3 Å². The van der Waals surface area contributed by atoms with Gasteiger partial charge in [-0.05, 0) is 25.8 Å². The van der Waals surface area contributed by atoms with E-state index in [9.17, 15) is 0 Å². The van der Waals surface area contributed by atoms with Gasteiger partial charge in [0.1, 0.15) is 0 Å². The molecule has 0 aliphatic heterocycles. The van der Waals surface area contributed by atoms with E-state index in [0.717, 1.165) is 0 Å². The molecule has 0 amide bonds. The van der Waals surface area contributed by atoms with Gasteiger partial charge in [0.15, 0.2) is 0 Å². The summed E-state index contributed by atoms with van der Waals surface area (Å²) in [4.78, 5) is 0. The van der Waals surface area contributed by atoms with Crippen molar-refractivity contribution in [1.82, 2.24) is 9.78 Å². The van der Waals surface area contributed by atoms with Gasteiger partial charge in [0.05, 0.1) is 17.3 Å². The van der Waals surface area contributed by atoms with Gasteiger partial charge in [-0.15, -0.1) is 0 Å². The largest absolute Gasteiger partial charge is 0.262 e. The molecule has 16 heavy (non-hydrogen) atoms. The van der Waals surface area contributed by atoms with Crippen molar-refractivity contribution in [2.75, 3.05) is 0 Å². The Balaban J connectivity index is 2.08. The van der Waals surface area contributed by atoms with Crippen LogP contribution in [0.2, 0.25) is 0 Å². The third-order valence-electron chi connectivity index (χ3n) is 3.72. The second kappa shape index (κ2) is 3.93. The van der Waals surface area contributed by atoms with E-state index in [2.05, 4.69) is 35.9 Å². The van der Waals surface area contributed by atoms with Crippen molar-refractivity contribution in [3.63, 3.8) is 0 Å². The molecule has 1 fully saturated rings. The zero-order valence-corrected chi connectivity index (χ0v) is 9.82. The van der Waals surface area contributed by atoms with Gasteiger partial charge in [0, 0.05) is 5.39 Å². The van der Waals surface area contributed by atoms with E-state index >= 15 is 0 Å². The molecule has 1 aromatic carbocycles. The van der Waals surface area contributed by atoms with Crippen LogP contribution in [0.4, 0.5) is 0 Å². The minimum absolute atomic E-state index is 0.632. The molecule has 1 aromatic heterocycles. The standard InChI is InChI=1S/C14H18N2/c1-11-13-9-5-6-10-14(13)16(15-11)12-7-3-2-4-8-12/h5-6,9-10,12H,2-4,7-8H2,1H3. The summed E-state index contributed by atoms with van der Waals surface area (Å²) in [5.74, 6) is 0. The molecule has 0 atom stereocenters. The molecule has 0 spiro atoms. The van der Waals surface area contributed by atoms with E-state index in [1.54, 1.807) is 0 Å². The number of aryl methyl sites for hydroxylation is 1. The van der Waals surface area contributed by atoms with Crippen LogP contribution in [0.25, 0.3) is 10.9 Å². The fourth-order valence-corrected chi connectivity index (χ4v) is 2.85. The molecule has 1 aliphatic rings. The predicted molar refractivity (Wildman–Crippen MR) is 66.6 cm³/mol. The maximum atomic E-state index is 4.73. The summed E-state index contributed by atoms with van der Waals surface area (Å²) >= 11 is 0. The van der Waals surface area contributed by atoms with Crippen molar-refractivity contribution in [3.05, 3.63) is 30.0 Å². The van der Waals surface area contributed by atoms with Crippen molar-refractivity contribution in [2.45, 2.75) is 45.1 Å². The second-order valence-corrected chi connectivity index (χ2v) is 4.84. The molecule has 0 unspecified atom stereocenters. The number of hydrogen-bond acceptors (Lipinski definition) is 1. The van der Waals surface area contributed by atoms with Crippen LogP contribution in [-0.2, 0) is 0 Å². The van der Waals surface area contributed by atoms with Gasteiger partial charge in [-0.3, -0.25) is 4.68 Å². The lowest BCUT2D eigenvalue weighted by molar-refractivity contribution is 0.336. The topological polar surface area (TPSA) is 17.8 Å². The average Bonchev–Trinajstić information content (AvgIpc) is 2.69. The van der Waals surface area contributed by atoms with Gasteiger partial charge in [-0.25, -0.2) is 0 Å². The van der Waals surface area contributed by atoms with Gasteiger partial charge in [-0.2, -0.15) is 5.10 Å². The summed E-state index contributed by atoms with van der Waals surface area (Å²) in [5.41, 5.74) is 2.48. The SMILES string of the molecule is Cc1nn(C2CCCCC2)c2ccccc12. The third-order valence-corrected chi connectivity index (χ3v) is 3.72. The normalized spacial score (nSPS) is 18.1. The molecule has 2 heteroatoms. The zero-order valence-electron chi connectivity index (χ0n) is 9.82. The van der Waals surface area contributed by atoms with Crippen LogP contribution in [0, 0.1) is 6.92 Å². The van der Waals surface area contributed by atoms with Gasteiger partial charge in [0.25, 0.3) is 0 Å². The Kier molecular flexibility index (Phi) is 2.43. The lowest BCUT2D eigenvalue weighted by Crippen LogP contribution is -2.13. The number of rotatable bonds is 1. The minimum Gasteiger partial charge on any atom is -0.262 e. The Bertz CT molecular complexity index is 492. The number of aromatic nitrogens is 2. The van der Waals surface area contributed by atoms with Crippen LogP contribution in [-0.4, -0.2) is 9.78 Å². The summed E-state index contributed by atoms with van der Waals surface area (Å²) in [6.07, 6.45) is 6.71. The van der Waals surface area contributed by atoms with E-state index in [1.807, 2.05) is 0 Å². The van der Waals surface area contributed by atoms with Crippen molar-refractivity contribution in [2.24, 2.45) is 0 Å². The molecule has 1 saturated carbocycles. The maximum Gasteiger partial charge on any atom is 0.0688 e. The highest BCUT2D eigenvalue weighted by atomic mass is 15.3. The van der Waals surface area contributed by atoms with Gasteiger partial charge < -0.3 is 0 Å². The van der Waals surface area contributed by atoms with Crippen molar-refractivity contribution in [1.29, 1.82) is 0 Å². The number of nitrogens with zero attached hydrogens (tertiary/aromatic N) is 2. The fraction of sp³-hybridized carbons (Fsp3) is 0.500. The van der Waals surface area contributed by atoms with Crippen LogP contribution in [0.5, 0.6) is 0 Å². The van der Waals surface area contributed by atoms with Gasteiger partial charge in [0.2, 0.25) is 0 Å². The average molecular weight is 214 g/mol. The molecule has 2 aromatic rings. The molecule has 3 rings (SSSR count). The van der Waals surface area contributed by atoms with Crippen LogP contribution < -0.4 is 0 Å². The lowest BCUT2D eigenvalue weighted by Gasteiger charge is -2.22. The maximum absolute atomic E-state index is 4.73. The first-order chi connectivity index (χ1) is 7.86. The predicted octanol–water partition coefficient (Wildman–Crippen LogP) is 3.85. The Morgan fingerprint density at radius 1 is 1.12 bits per heavy atom. The number of hydrogen-bond donors (Lipinski definition) is 0. The first-order valence-electron chi connectivity index (χ1n) is 6.30. The molecule has 2 nitrogen and oxygen atoms in total. The quantitative estimate of drug-likeness (QED) is 0.705. The van der Waals surface area contributed by atoms with E-state index < -0.39 is 0 Å². The monoisotopic (exact) mass is 214 g/mol. The fourth-order valence-electron chi connectivity index (χ4n) is 2.85. The Morgan fingerprint density at radius 2 is 1.88 bits per heavy atom. The highest BCUT2D eigenvalue weighted by Crippen LogP contribution is 2.31. The summed E-state index contributed by atoms with van der Waals surface area (Å²) in [5, 5.41) is 6.04. The van der Waals surface area contributed by atoms with E-state index in [4.69, 9.17) is 5.10 Å². The van der Waals surface area contributed by atoms with E-state index in [-0.39, 0.29) is 0 Å². The van der Waals surface area contributed by atoms with Crippen molar-refractivity contribution in [3.8, 4) is 0 Å². The molecule has 84 valence electrons. The lowest BCUT2D eigenvalue weighted by atomic mass is 9.95. The number of benzene rings is 1. The highest BCUT2D eigenvalue weighted by Gasteiger charge is 2.18. The Morgan fingerprint density at radius 3 is 2.69 bits per heavy atom. The third kappa shape index (κ3) is 1.53. The summed E-state index contributed by atoms with van der Waals surface area (Å²) < 4.78 is 2.27. The van der Waals surface area contributed by atoms with Crippen LogP contribution in [0.3, 0.4) is 0 Å². The van der Waals surface area contributed by atoms with Crippen LogP contribution in [0.15, 0.2) is 24.3 Å². The Hall–Kier alpha value is -1.31. The molecular formula is C14H18N2. The summed E-state index contributed by atoms with van der Waals surface area (Å²) in [7, 11) is 0. The van der Waals surface area contributed by atoms with Gasteiger partial charge in [-0.1, -0.05) is 37.5 Å². The second-order valence-electron chi connectivity index (χ2n) is 4.84. The molecule has 0 saturated heterocycles. The zero-order chi connectivity index (χ0) is 11.0. The van der Waals surface area contributed by atoms with Gasteiger partial charge >= 0.3 is 0 Å². The van der Waals surface area contributed by atoms with Crippen molar-refractivity contribution < 1.29 is 0 Å². The van der Waals surface area contributed by atoms with Crippen molar-refractivity contribution >= 4 is 10.9 Å². The molecule has 1 aliphatic carbocycles. The molecule has 1 heterocycles. The minimum atomic E-state index is 0.632. The molecule has 0 radical (unpaired) electrons. The van der Waals surface area contributed by atoms with Crippen LogP contribution >= 0.6 is 0 Å². The molecule has 0 bridgehead atoms. The summed E-state index contributed by atoms with van der Waals surface area (Å²) in [6.45, 7) is 2.11. The smallest absolute Gasteiger partial charge is 0.0688 e. The van der Waals surface area contributed by atoms with Crippen LogP contribution in [0.1, 0.15) is 43.8 Å². The first-order valence-corrected chi connectivity index (χ1v) is 6.30. The van der Waals surface area contributed by atoms with E-state index in [0.29, 0.717) is 6.04 Å². The van der Waals surface area contributed by atoms with E-state index in [1.165, 1.54) is 48.7 Å². The number of para-hydroxylation sites is 1. The molecule has 0 N–H and O–H groups in total. The first kappa shape index (κ1) is 9.88. The summed E-state index contributed by atoms with van der Waals surface area (Å²) in [6, 6.07) is 9.22. The highest BCUT2D eigenvalue weighted by molar-refractivity contribution is 5.81. The number of fused-ring (bicyclic) bond motifs is 1. The molecular weight excluding hydrogens is 196 g/mol.